The summed E-state index contributed by atoms with van der Waals surface area (Å²) in [7, 11) is 0. The smallest absolute Gasteiger partial charge is 0.223 e. The summed E-state index contributed by atoms with van der Waals surface area (Å²) in [6, 6.07) is 6.97. The summed E-state index contributed by atoms with van der Waals surface area (Å²) < 4.78 is 0. The molecule has 2 bridgehead atoms. The van der Waals surface area contributed by atoms with Crippen molar-refractivity contribution in [2.24, 2.45) is 29.2 Å². The molecule has 5 N–H and O–H groups in total. The van der Waals surface area contributed by atoms with Crippen LogP contribution in [0.4, 0.5) is 0 Å². The van der Waals surface area contributed by atoms with Gasteiger partial charge in [0.25, 0.3) is 0 Å². The lowest BCUT2D eigenvalue weighted by Crippen LogP contribution is -2.49. The third kappa shape index (κ3) is 4.33. The van der Waals surface area contributed by atoms with Gasteiger partial charge in [-0.3, -0.25) is 9.59 Å². The molecule has 1 aromatic rings. The molecule has 3 rings (SSSR count). The minimum atomic E-state index is -0.451. The van der Waals surface area contributed by atoms with Crippen molar-refractivity contribution >= 4 is 23.4 Å². The monoisotopic (exact) mass is 363 g/mol. The van der Waals surface area contributed by atoms with E-state index in [-0.39, 0.29) is 24.3 Å². The average molecular weight is 364 g/mol. The molecule has 2 unspecified atom stereocenters. The van der Waals surface area contributed by atoms with E-state index in [0.717, 1.165) is 31.2 Å². The first-order valence-electron chi connectivity index (χ1n) is 9.03. The summed E-state index contributed by atoms with van der Waals surface area (Å²) in [5, 5.41) is 3.60. The van der Waals surface area contributed by atoms with Gasteiger partial charge in [0.15, 0.2) is 0 Å². The SMILES string of the molecule is NC(=O)C[C@@H](NC(=O)C1CC2CCCC(C1)C2N)c1cccc(Cl)c1. The number of hydrogen-bond donors (Lipinski definition) is 3. The summed E-state index contributed by atoms with van der Waals surface area (Å²) in [6.45, 7) is 0. The number of benzene rings is 1. The van der Waals surface area contributed by atoms with Gasteiger partial charge in [0.2, 0.25) is 11.8 Å². The Morgan fingerprint density at radius 1 is 1.24 bits per heavy atom. The number of carbonyl (C=O) groups is 2. The van der Waals surface area contributed by atoms with E-state index in [0.29, 0.717) is 16.9 Å². The van der Waals surface area contributed by atoms with Gasteiger partial charge in [0.05, 0.1) is 12.5 Å². The number of rotatable bonds is 5. The van der Waals surface area contributed by atoms with E-state index in [2.05, 4.69) is 5.32 Å². The summed E-state index contributed by atoms with van der Waals surface area (Å²) in [5.41, 5.74) is 12.5. The van der Waals surface area contributed by atoms with Crippen LogP contribution in [-0.2, 0) is 9.59 Å². The first-order chi connectivity index (χ1) is 11.9. The van der Waals surface area contributed by atoms with E-state index < -0.39 is 11.9 Å². The molecule has 0 heterocycles. The Hall–Kier alpha value is -1.59. The average Bonchev–Trinajstić information content (AvgIpc) is 2.53. The number of nitrogens with two attached hydrogens (primary N) is 2. The van der Waals surface area contributed by atoms with Crippen LogP contribution >= 0.6 is 11.6 Å². The minimum Gasteiger partial charge on any atom is -0.370 e. The van der Waals surface area contributed by atoms with Crippen LogP contribution < -0.4 is 16.8 Å². The number of primary amides is 1. The van der Waals surface area contributed by atoms with Crippen molar-refractivity contribution in [1.29, 1.82) is 0 Å². The molecule has 0 aromatic heterocycles. The Bertz CT molecular complexity index is 637. The Balaban J connectivity index is 1.71. The molecule has 2 amide bonds. The molecule has 2 saturated carbocycles. The number of hydrogen-bond acceptors (Lipinski definition) is 3. The van der Waals surface area contributed by atoms with Crippen LogP contribution in [0.2, 0.25) is 5.02 Å². The first-order valence-corrected chi connectivity index (χ1v) is 9.41. The summed E-state index contributed by atoms with van der Waals surface area (Å²) in [6.07, 6.45) is 5.17. The summed E-state index contributed by atoms with van der Waals surface area (Å²) >= 11 is 6.05. The highest BCUT2D eigenvalue weighted by atomic mass is 35.5. The molecule has 0 spiro atoms. The molecule has 2 aliphatic carbocycles. The lowest BCUT2D eigenvalue weighted by molar-refractivity contribution is -0.129. The Labute approximate surface area is 153 Å². The predicted molar refractivity (Wildman–Crippen MR) is 97.7 cm³/mol. The zero-order valence-electron chi connectivity index (χ0n) is 14.3. The van der Waals surface area contributed by atoms with E-state index in [9.17, 15) is 9.59 Å². The molecule has 2 aliphatic rings. The lowest BCUT2D eigenvalue weighted by atomic mass is 9.65. The number of carbonyl (C=O) groups excluding carboxylic acids is 2. The Morgan fingerprint density at radius 3 is 2.52 bits per heavy atom. The van der Waals surface area contributed by atoms with Crippen molar-refractivity contribution in [3.63, 3.8) is 0 Å². The number of fused-ring (bicyclic) bond motifs is 2. The molecule has 0 aliphatic heterocycles. The van der Waals surface area contributed by atoms with Crippen LogP contribution in [0.15, 0.2) is 24.3 Å². The van der Waals surface area contributed by atoms with Crippen LogP contribution in [0, 0.1) is 17.8 Å². The maximum Gasteiger partial charge on any atom is 0.223 e. The second kappa shape index (κ2) is 7.75. The quantitative estimate of drug-likeness (QED) is 0.749. The van der Waals surface area contributed by atoms with Crippen molar-refractivity contribution in [3.05, 3.63) is 34.9 Å². The highest BCUT2D eigenvalue weighted by Gasteiger charge is 2.40. The second-order valence-corrected chi connectivity index (χ2v) is 7.92. The second-order valence-electron chi connectivity index (χ2n) is 7.48. The molecule has 136 valence electrons. The maximum atomic E-state index is 12.8. The van der Waals surface area contributed by atoms with Gasteiger partial charge >= 0.3 is 0 Å². The van der Waals surface area contributed by atoms with E-state index >= 15 is 0 Å². The fourth-order valence-electron chi connectivity index (χ4n) is 4.47. The highest BCUT2D eigenvalue weighted by Crippen LogP contribution is 2.42. The van der Waals surface area contributed by atoms with Crippen molar-refractivity contribution in [2.45, 2.75) is 50.6 Å². The molecule has 0 radical (unpaired) electrons. The Kier molecular flexibility index (Phi) is 5.64. The number of halogens is 1. The first kappa shape index (κ1) is 18.2. The number of amides is 2. The summed E-state index contributed by atoms with van der Waals surface area (Å²) in [5.74, 6) is 0.375. The van der Waals surface area contributed by atoms with Gasteiger partial charge in [0, 0.05) is 17.0 Å². The van der Waals surface area contributed by atoms with Crippen LogP contribution in [0.1, 0.15) is 50.1 Å². The Morgan fingerprint density at radius 2 is 1.92 bits per heavy atom. The van der Waals surface area contributed by atoms with Gasteiger partial charge in [-0.05, 0) is 55.2 Å². The van der Waals surface area contributed by atoms with Crippen molar-refractivity contribution in [1.82, 2.24) is 5.32 Å². The predicted octanol–water partition coefficient (Wildman–Crippen LogP) is 2.53. The molecular weight excluding hydrogens is 338 g/mol. The van der Waals surface area contributed by atoms with Gasteiger partial charge in [-0.2, -0.15) is 0 Å². The zero-order chi connectivity index (χ0) is 18.0. The normalized spacial score (nSPS) is 29.7. The molecule has 3 atom stereocenters. The largest absolute Gasteiger partial charge is 0.370 e. The third-order valence-corrected chi connectivity index (χ3v) is 5.99. The lowest BCUT2D eigenvalue weighted by Gasteiger charge is -2.43. The molecule has 1 aromatic carbocycles. The van der Waals surface area contributed by atoms with Crippen LogP contribution in [-0.4, -0.2) is 17.9 Å². The van der Waals surface area contributed by atoms with Crippen LogP contribution in [0.25, 0.3) is 0 Å². The standard InChI is InChI=1S/C19H26ClN3O2/c20-15-6-2-3-11(9-15)16(10-17(21)24)23-19(25)14-7-12-4-1-5-13(8-14)18(12)22/h2-3,6,9,12-14,16,18H,1,4-5,7-8,10,22H2,(H2,21,24)(H,23,25)/t12?,13?,14?,16-,18?/m1/s1. The van der Waals surface area contributed by atoms with E-state index in [1.54, 1.807) is 12.1 Å². The number of nitrogens with one attached hydrogen (secondary N) is 1. The van der Waals surface area contributed by atoms with Crippen molar-refractivity contribution in [2.75, 3.05) is 0 Å². The molecule has 6 heteroatoms. The molecular formula is C19H26ClN3O2. The molecule has 5 nitrogen and oxygen atoms in total. The molecule has 0 saturated heterocycles. The molecule has 2 fully saturated rings. The van der Waals surface area contributed by atoms with Crippen molar-refractivity contribution < 1.29 is 9.59 Å². The van der Waals surface area contributed by atoms with Crippen molar-refractivity contribution in [3.8, 4) is 0 Å². The van der Waals surface area contributed by atoms with E-state index in [1.165, 1.54) is 6.42 Å². The van der Waals surface area contributed by atoms with Crippen LogP contribution in [0.5, 0.6) is 0 Å². The fourth-order valence-corrected chi connectivity index (χ4v) is 4.67. The third-order valence-electron chi connectivity index (χ3n) is 5.76. The molecule has 25 heavy (non-hydrogen) atoms. The van der Waals surface area contributed by atoms with Gasteiger partial charge < -0.3 is 16.8 Å². The van der Waals surface area contributed by atoms with Crippen LogP contribution in [0.3, 0.4) is 0 Å². The fraction of sp³-hybridized carbons (Fsp3) is 0.579. The minimum absolute atomic E-state index is 0.00461. The van der Waals surface area contributed by atoms with Gasteiger partial charge in [-0.1, -0.05) is 30.2 Å². The van der Waals surface area contributed by atoms with Gasteiger partial charge in [-0.25, -0.2) is 0 Å². The van der Waals surface area contributed by atoms with E-state index in [4.69, 9.17) is 23.1 Å². The van der Waals surface area contributed by atoms with Gasteiger partial charge in [-0.15, -0.1) is 0 Å². The maximum absolute atomic E-state index is 12.8. The van der Waals surface area contributed by atoms with E-state index in [1.807, 2.05) is 12.1 Å². The van der Waals surface area contributed by atoms with Gasteiger partial charge in [0.1, 0.15) is 0 Å². The summed E-state index contributed by atoms with van der Waals surface area (Å²) in [4.78, 5) is 24.3. The topological polar surface area (TPSA) is 98.2 Å². The highest BCUT2D eigenvalue weighted by molar-refractivity contribution is 6.30. The zero-order valence-corrected chi connectivity index (χ0v) is 15.0.